The van der Waals surface area contributed by atoms with Crippen molar-refractivity contribution < 1.29 is 0 Å². The molecular weight excluding hydrogens is 224 g/mol. The summed E-state index contributed by atoms with van der Waals surface area (Å²) in [7, 11) is 0. The Morgan fingerprint density at radius 3 is 2.50 bits per heavy atom. The first-order valence-corrected chi connectivity index (χ1v) is 5.78. The molecular formula is C15H14N2O. The molecule has 18 heavy (non-hydrogen) atoms. The zero-order valence-electron chi connectivity index (χ0n) is 10.5. The predicted octanol–water partition coefficient (Wildman–Crippen LogP) is 2.39. The number of benzene rings is 1. The summed E-state index contributed by atoms with van der Waals surface area (Å²) in [6.07, 6.45) is 0. The molecule has 0 fully saturated rings. The zero-order valence-corrected chi connectivity index (χ0v) is 10.5. The number of aryl methyl sites for hydroxylation is 2. The van der Waals surface area contributed by atoms with Gasteiger partial charge in [-0.1, -0.05) is 30.3 Å². The van der Waals surface area contributed by atoms with Gasteiger partial charge in [0, 0.05) is 5.69 Å². The Bertz CT molecular complexity index is 663. The van der Waals surface area contributed by atoms with Crippen molar-refractivity contribution >= 4 is 0 Å². The summed E-state index contributed by atoms with van der Waals surface area (Å²) < 4.78 is 1.64. The van der Waals surface area contributed by atoms with Crippen LogP contribution in [0.2, 0.25) is 0 Å². The molecule has 0 spiro atoms. The Morgan fingerprint density at radius 1 is 1.22 bits per heavy atom. The summed E-state index contributed by atoms with van der Waals surface area (Å²) in [4.78, 5) is 12.2. The molecule has 2 aromatic rings. The molecule has 1 aromatic carbocycles. The van der Waals surface area contributed by atoms with E-state index >= 15 is 0 Å². The molecule has 0 radical (unpaired) electrons. The molecule has 2 rings (SSSR count). The summed E-state index contributed by atoms with van der Waals surface area (Å²) in [5.74, 6) is 0. The van der Waals surface area contributed by atoms with E-state index in [0.29, 0.717) is 6.54 Å². The third kappa shape index (κ3) is 2.18. The highest BCUT2D eigenvalue weighted by molar-refractivity contribution is 5.36. The molecule has 1 heterocycles. The van der Waals surface area contributed by atoms with Crippen molar-refractivity contribution in [2.24, 2.45) is 0 Å². The lowest BCUT2D eigenvalue weighted by atomic mass is 10.1. The molecule has 0 amide bonds. The van der Waals surface area contributed by atoms with Gasteiger partial charge in [0.15, 0.2) is 0 Å². The number of nitriles is 1. The highest BCUT2D eigenvalue weighted by Crippen LogP contribution is 2.08. The zero-order chi connectivity index (χ0) is 13.1. The molecule has 0 unspecified atom stereocenters. The Hall–Kier alpha value is -2.34. The summed E-state index contributed by atoms with van der Waals surface area (Å²) in [5.41, 5.74) is 2.69. The van der Waals surface area contributed by atoms with E-state index in [2.05, 4.69) is 0 Å². The Balaban J connectivity index is 2.53. The van der Waals surface area contributed by atoms with Crippen molar-refractivity contribution in [1.29, 1.82) is 5.26 Å². The number of hydrogen-bond donors (Lipinski definition) is 0. The van der Waals surface area contributed by atoms with Crippen LogP contribution in [0.1, 0.15) is 22.4 Å². The van der Waals surface area contributed by atoms with Crippen LogP contribution >= 0.6 is 0 Å². The number of pyridine rings is 1. The summed E-state index contributed by atoms with van der Waals surface area (Å²) in [6, 6.07) is 13.6. The largest absolute Gasteiger partial charge is 0.307 e. The summed E-state index contributed by atoms with van der Waals surface area (Å²) in [5, 5.41) is 9.02. The molecule has 0 saturated heterocycles. The second-order valence-corrected chi connectivity index (χ2v) is 4.33. The van der Waals surface area contributed by atoms with Gasteiger partial charge in [0.25, 0.3) is 5.56 Å². The minimum Gasteiger partial charge on any atom is -0.307 e. The molecule has 0 saturated carbocycles. The average Bonchev–Trinajstić information content (AvgIpc) is 2.36. The molecule has 0 N–H and O–H groups in total. The van der Waals surface area contributed by atoms with Crippen molar-refractivity contribution in [3.63, 3.8) is 0 Å². The third-order valence-electron chi connectivity index (χ3n) is 3.00. The molecule has 1 aromatic heterocycles. The van der Waals surface area contributed by atoms with Crippen LogP contribution in [0, 0.1) is 25.2 Å². The van der Waals surface area contributed by atoms with Crippen LogP contribution in [0.25, 0.3) is 0 Å². The van der Waals surface area contributed by atoms with Crippen molar-refractivity contribution in [3.8, 4) is 6.07 Å². The summed E-state index contributed by atoms with van der Waals surface area (Å²) >= 11 is 0. The monoisotopic (exact) mass is 238 g/mol. The quantitative estimate of drug-likeness (QED) is 0.806. The van der Waals surface area contributed by atoms with E-state index in [1.54, 1.807) is 11.5 Å². The van der Waals surface area contributed by atoms with Crippen LogP contribution in [0.4, 0.5) is 0 Å². The van der Waals surface area contributed by atoms with Crippen LogP contribution in [0.15, 0.2) is 41.2 Å². The molecule has 0 bridgehead atoms. The van der Waals surface area contributed by atoms with E-state index < -0.39 is 0 Å². The lowest BCUT2D eigenvalue weighted by molar-refractivity contribution is 0.724. The number of hydrogen-bond acceptors (Lipinski definition) is 2. The number of rotatable bonds is 2. The van der Waals surface area contributed by atoms with Crippen molar-refractivity contribution in [1.82, 2.24) is 4.57 Å². The van der Waals surface area contributed by atoms with E-state index in [4.69, 9.17) is 5.26 Å². The molecule has 90 valence electrons. The highest BCUT2D eigenvalue weighted by atomic mass is 16.1. The fourth-order valence-corrected chi connectivity index (χ4v) is 2.03. The van der Waals surface area contributed by atoms with Crippen molar-refractivity contribution in [3.05, 3.63) is 69.1 Å². The van der Waals surface area contributed by atoms with Gasteiger partial charge < -0.3 is 4.57 Å². The molecule has 0 atom stereocenters. The van der Waals surface area contributed by atoms with Gasteiger partial charge in [-0.25, -0.2) is 0 Å². The first-order valence-electron chi connectivity index (χ1n) is 5.78. The van der Waals surface area contributed by atoms with E-state index in [9.17, 15) is 4.79 Å². The van der Waals surface area contributed by atoms with Crippen LogP contribution in [-0.2, 0) is 6.54 Å². The average molecular weight is 238 g/mol. The standard InChI is InChI=1S/C15H14N2O/c1-11-8-12(2)17(15(18)14(11)9-16)10-13-6-4-3-5-7-13/h3-8H,10H2,1-2H3. The molecule has 0 aliphatic heterocycles. The lowest BCUT2D eigenvalue weighted by Gasteiger charge is -2.11. The van der Waals surface area contributed by atoms with E-state index in [1.165, 1.54) is 0 Å². The fourth-order valence-electron chi connectivity index (χ4n) is 2.03. The third-order valence-corrected chi connectivity index (χ3v) is 3.00. The SMILES string of the molecule is Cc1cc(C)n(Cc2ccccc2)c(=O)c1C#N. The minimum absolute atomic E-state index is 0.209. The first-order chi connectivity index (χ1) is 8.63. The predicted molar refractivity (Wildman–Crippen MR) is 70.4 cm³/mol. The van der Waals surface area contributed by atoms with E-state index in [1.807, 2.05) is 49.4 Å². The van der Waals surface area contributed by atoms with E-state index in [0.717, 1.165) is 16.8 Å². The normalized spacial score (nSPS) is 10.1. The molecule has 3 heteroatoms. The second kappa shape index (κ2) is 4.89. The Morgan fingerprint density at radius 2 is 1.89 bits per heavy atom. The molecule has 0 aliphatic carbocycles. The highest BCUT2D eigenvalue weighted by Gasteiger charge is 2.09. The van der Waals surface area contributed by atoms with E-state index in [-0.39, 0.29) is 11.1 Å². The van der Waals surface area contributed by atoms with Crippen molar-refractivity contribution in [2.45, 2.75) is 20.4 Å². The van der Waals surface area contributed by atoms with Gasteiger partial charge in [-0.15, -0.1) is 0 Å². The van der Waals surface area contributed by atoms with Gasteiger partial charge >= 0.3 is 0 Å². The molecule has 0 aliphatic rings. The van der Waals surface area contributed by atoms with Crippen LogP contribution in [0.3, 0.4) is 0 Å². The maximum absolute atomic E-state index is 12.2. The van der Waals surface area contributed by atoms with Crippen LogP contribution in [0.5, 0.6) is 0 Å². The van der Waals surface area contributed by atoms with Gasteiger partial charge in [-0.2, -0.15) is 5.26 Å². The van der Waals surface area contributed by atoms with Gasteiger partial charge in [-0.05, 0) is 31.0 Å². The van der Waals surface area contributed by atoms with Gasteiger partial charge in [0.05, 0.1) is 6.54 Å². The molecule has 3 nitrogen and oxygen atoms in total. The smallest absolute Gasteiger partial charge is 0.269 e. The number of aromatic nitrogens is 1. The van der Waals surface area contributed by atoms with Crippen LogP contribution in [-0.4, -0.2) is 4.57 Å². The second-order valence-electron chi connectivity index (χ2n) is 4.33. The van der Waals surface area contributed by atoms with Gasteiger partial charge in [-0.3, -0.25) is 4.79 Å². The van der Waals surface area contributed by atoms with Crippen molar-refractivity contribution in [2.75, 3.05) is 0 Å². The maximum Gasteiger partial charge on any atom is 0.269 e. The first kappa shape index (κ1) is 12.1. The Labute approximate surface area is 106 Å². The van der Waals surface area contributed by atoms with Crippen LogP contribution < -0.4 is 5.56 Å². The Kier molecular flexibility index (Phi) is 3.29. The van der Waals surface area contributed by atoms with Gasteiger partial charge in [0.1, 0.15) is 11.6 Å². The number of nitrogens with zero attached hydrogens (tertiary/aromatic N) is 2. The maximum atomic E-state index is 12.2. The van der Waals surface area contributed by atoms with Gasteiger partial charge in [0.2, 0.25) is 0 Å². The minimum atomic E-state index is -0.209. The fraction of sp³-hybridized carbons (Fsp3) is 0.200. The lowest BCUT2D eigenvalue weighted by Crippen LogP contribution is -2.26. The summed E-state index contributed by atoms with van der Waals surface area (Å²) in [6.45, 7) is 4.18. The topological polar surface area (TPSA) is 45.8 Å².